The molecule has 0 N–H and O–H groups in total. The lowest BCUT2D eigenvalue weighted by Gasteiger charge is -2.35. The Kier molecular flexibility index (Phi) is 6.88. The molecule has 1 atom stereocenters. The van der Waals surface area contributed by atoms with Crippen molar-refractivity contribution in [2.45, 2.75) is 51.0 Å². The lowest BCUT2D eigenvalue weighted by molar-refractivity contribution is -0.142. The van der Waals surface area contributed by atoms with Crippen LogP contribution in [0.2, 0.25) is 0 Å². The van der Waals surface area contributed by atoms with Crippen LogP contribution in [0.15, 0.2) is 12.4 Å². The predicted molar refractivity (Wildman–Crippen MR) is 104 cm³/mol. The molecular weight excluding hydrogens is 342 g/mol. The number of piperidine rings is 2. The fourth-order valence-corrected chi connectivity index (χ4v) is 4.13. The van der Waals surface area contributed by atoms with Gasteiger partial charge in [0.05, 0.1) is 6.54 Å². The maximum Gasteiger partial charge on any atom is 0.242 e. The zero-order chi connectivity index (χ0) is 19.2. The van der Waals surface area contributed by atoms with E-state index in [4.69, 9.17) is 0 Å². The number of carbonyl (C=O) groups excluding carboxylic acids is 2. The number of imidazole rings is 1. The molecule has 0 aliphatic carbocycles. The highest BCUT2D eigenvalue weighted by atomic mass is 16.2. The fourth-order valence-electron chi connectivity index (χ4n) is 4.13. The zero-order valence-electron chi connectivity index (χ0n) is 16.8. The molecule has 2 saturated heterocycles. The molecule has 150 valence electrons. The lowest BCUT2D eigenvalue weighted by atomic mass is 9.97. The first-order valence-electron chi connectivity index (χ1n) is 10.3. The molecule has 3 heterocycles. The predicted octanol–water partition coefficient (Wildman–Crippen LogP) is 1.55. The highest BCUT2D eigenvalue weighted by Crippen LogP contribution is 2.26. The van der Waals surface area contributed by atoms with Gasteiger partial charge < -0.3 is 19.3 Å². The summed E-state index contributed by atoms with van der Waals surface area (Å²) in [5.41, 5.74) is 0. The average molecular weight is 376 g/mol. The van der Waals surface area contributed by atoms with Gasteiger partial charge in [0.15, 0.2) is 0 Å². The summed E-state index contributed by atoms with van der Waals surface area (Å²) < 4.78 is 2.25. The Morgan fingerprint density at radius 2 is 2.11 bits per heavy atom. The zero-order valence-corrected chi connectivity index (χ0v) is 16.8. The van der Waals surface area contributed by atoms with Crippen molar-refractivity contribution in [1.82, 2.24) is 24.3 Å². The minimum absolute atomic E-state index is 0.0839. The van der Waals surface area contributed by atoms with Crippen LogP contribution in [0.3, 0.4) is 0 Å². The smallest absolute Gasteiger partial charge is 0.242 e. The molecule has 2 fully saturated rings. The highest BCUT2D eigenvalue weighted by Gasteiger charge is 2.29. The van der Waals surface area contributed by atoms with Crippen molar-refractivity contribution >= 4 is 11.8 Å². The van der Waals surface area contributed by atoms with Gasteiger partial charge in [0, 0.05) is 50.9 Å². The number of aromatic nitrogens is 2. The third-order valence-corrected chi connectivity index (χ3v) is 5.64. The second-order valence-corrected chi connectivity index (χ2v) is 8.09. The van der Waals surface area contributed by atoms with E-state index in [0.29, 0.717) is 13.0 Å². The molecule has 0 aromatic carbocycles. The van der Waals surface area contributed by atoms with E-state index in [1.807, 2.05) is 11.1 Å². The molecule has 2 amide bonds. The van der Waals surface area contributed by atoms with E-state index in [1.165, 1.54) is 0 Å². The Labute approximate surface area is 162 Å². The summed E-state index contributed by atoms with van der Waals surface area (Å²) >= 11 is 0. The van der Waals surface area contributed by atoms with Crippen LogP contribution in [-0.2, 0) is 16.1 Å². The normalized spacial score (nSPS) is 21.1. The first-order chi connectivity index (χ1) is 13.0. The molecule has 7 heteroatoms. The summed E-state index contributed by atoms with van der Waals surface area (Å²) in [6.45, 7) is 4.47. The van der Waals surface area contributed by atoms with Gasteiger partial charge in [0.1, 0.15) is 5.82 Å². The Morgan fingerprint density at radius 1 is 1.26 bits per heavy atom. The standard InChI is InChI=1S/C20H33N5O2/c1-22(2)10-6-13-23-14-9-21-20(23)17-7-5-12-24(15-17)19(27)16-25-11-4-3-8-18(25)26/h9,14,17H,3-8,10-13,15-16H2,1-2H3/t17-/m1/s1. The molecule has 2 aliphatic heterocycles. The quantitative estimate of drug-likeness (QED) is 0.726. The Morgan fingerprint density at radius 3 is 2.89 bits per heavy atom. The second kappa shape index (κ2) is 9.35. The van der Waals surface area contributed by atoms with Gasteiger partial charge >= 0.3 is 0 Å². The molecule has 0 bridgehead atoms. The van der Waals surface area contributed by atoms with Gasteiger partial charge in [-0.05, 0) is 52.7 Å². The van der Waals surface area contributed by atoms with E-state index >= 15 is 0 Å². The van der Waals surface area contributed by atoms with E-state index < -0.39 is 0 Å². The van der Waals surface area contributed by atoms with Gasteiger partial charge in [-0.15, -0.1) is 0 Å². The van der Waals surface area contributed by atoms with Crippen molar-refractivity contribution in [2.75, 3.05) is 46.8 Å². The van der Waals surface area contributed by atoms with Crippen LogP contribution in [-0.4, -0.2) is 82.9 Å². The number of hydrogen-bond acceptors (Lipinski definition) is 4. The van der Waals surface area contributed by atoms with Crippen LogP contribution in [0.25, 0.3) is 0 Å². The second-order valence-electron chi connectivity index (χ2n) is 8.09. The third kappa shape index (κ3) is 5.31. The van der Waals surface area contributed by atoms with Crippen molar-refractivity contribution in [3.8, 4) is 0 Å². The SMILES string of the molecule is CN(C)CCCn1ccnc1[C@@H]1CCCN(C(=O)CN2CCCCC2=O)C1. The molecule has 0 saturated carbocycles. The Balaban J connectivity index is 1.57. The molecule has 1 aromatic heterocycles. The Bertz CT molecular complexity index is 642. The van der Waals surface area contributed by atoms with Crippen LogP contribution in [0.1, 0.15) is 50.3 Å². The summed E-state index contributed by atoms with van der Waals surface area (Å²) in [5, 5.41) is 0. The van der Waals surface area contributed by atoms with Gasteiger partial charge in [-0.3, -0.25) is 9.59 Å². The van der Waals surface area contributed by atoms with Crippen molar-refractivity contribution in [1.29, 1.82) is 0 Å². The molecule has 0 radical (unpaired) electrons. The summed E-state index contributed by atoms with van der Waals surface area (Å²) in [7, 11) is 4.18. The number of likely N-dealkylation sites (tertiary alicyclic amines) is 2. The monoisotopic (exact) mass is 375 g/mol. The minimum atomic E-state index is 0.0839. The van der Waals surface area contributed by atoms with Crippen LogP contribution in [0, 0.1) is 0 Å². The summed E-state index contributed by atoms with van der Waals surface area (Å²) in [4.78, 5) is 35.2. The largest absolute Gasteiger partial charge is 0.340 e. The Hall–Kier alpha value is -1.89. The molecule has 2 aliphatic rings. The average Bonchev–Trinajstić information content (AvgIpc) is 3.12. The van der Waals surface area contributed by atoms with Crippen molar-refractivity contribution in [3.05, 3.63) is 18.2 Å². The number of nitrogens with zero attached hydrogens (tertiary/aromatic N) is 5. The van der Waals surface area contributed by atoms with E-state index in [0.717, 1.165) is 64.1 Å². The number of hydrogen-bond donors (Lipinski definition) is 0. The lowest BCUT2D eigenvalue weighted by Crippen LogP contribution is -2.47. The van der Waals surface area contributed by atoms with Crippen LogP contribution in [0.4, 0.5) is 0 Å². The first-order valence-corrected chi connectivity index (χ1v) is 10.3. The first kappa shape index (κ1) is 19.9. The molecule has 27 heavy (non-hydrogen) atoms. The van der Waals surface area contributed by atoms with Crippen molar-refractivity contribution < 1.29 is 9.59 Å². The number of carbonyl (C=O) groups is 2. The fraction of sp³-hybridized carbons (Fsp3) is 0.750. The topological polar surface area (TPSA) is 61.7 Å². The molecule has 7 nitrogen and oxygen atoms in total. The minimum Gasteiger partial charge on any atom is -0.340 e. The van der Waals surface area contributed by atoms with Crippen molar-refractivity contribution in [3.63, 3.8) is 0 Å². The van der Waals surface area contributed by atoms with Gasteiger partial charge in [0.2, 0.25) is 11.8 Å². The van der Waals surface area contributed by atoms with Gasteiger partial charge in [-0.25, -0.2) is 4.98 Å². The van der Waals surface area contributed by atoms with Crippen LogP contribution in [0.5, 0.6) is 0 Å². The number of amides is 2. The van der Waals surface area contributed by atoms with Gasteiger partial charge in [0.25, 0.3) is 0 Å². The van der Waals surface area contributed by atoms with Gasteiger partial charge in [-0.1, -0.05) is 0 Å². The number of rotatable bonds is 7. The maximum atomic E-state index is 12.8. The van der Waals surface area contributed by atoms with Crippen LogP contribution >= 0.6 is 0 Å². The maximum absolute atomic E-state index is 12.8. The van der Waals surface area contributed by atoms with Crippen LogP contribution < -0.4 is 0 Å². The van der Waals surface area contributed by atoms with E-state index in [9.17, 15) is 9.59 Å². The third-order valence-electron chi connectivity index (χ3n) is 5.64. The summed E-state index contributed by atoms with van der Waals surface area (Å²) in [6.07, 6.45) is 9.61. The number of aryl methyl sites for hydroxylation is 1. The summed E-state index contributed by atoms with van der Waals surface area (Å²) in [5.74, 6) is 1.59. The molecule has 0 spiro atoms. The highest BCUT2D eigenvalue weighted by molar-refractivity contribution is 5.85. The molecular formula is C20H33N5O2. The van der Waals surface area contributed by atoms with E-state index in [-0.39, 0.29) is 24.3 Å². The summed E-state index contributed by atoms with van der Waals surface area (Å²) in [6, 6.07) is 0. The van der Waals surface area contributed by atoms with Crippen molar-refractivity contribution in [2.24, 2.45) is 0 Å². The molecule has 0 unspecified atom stereocenters. The van der Waals surface area contributed by atoms with E-state index in [2.05, 4.69) is 34.7 Å². The van der Waals surface area contributed by atoms with E-state index in [1.54, 1.807) is 4.90 Å². The molecule has 3 rings (SSSR count). The van der Waals surface area contributed by atoms with Gasteiger partial charge in [-0.2, -0.15) is 0 Å². The molecule has 1 aromatic rings.